The van der Waals surface area contributed by atoms with Gasteiger partial charge in [0.1, 0.15) is 17.2 Å². The summed E-state index contributed by atoms with van der Waals surface area (Å²) in [6, 6.07) is 11.2. The molecule has 0 radical (unpaired) electrons. The Balaban J connectivity index is 2.20. The van der Waals surface area contributed by atoms with Gasteiger partial charge in [0.25, 0.3) is 5.91 Å². The van der Waals surface area contributed by atoms with Crippen LogP contribution in [0.15, 0.2) is 40.8 Å². The molecule has 6 nitrogen and oxygen atoms in total. The lowest BCUT2D eigenvalue weighted by atomic mass is 10.0. The van der Waals surface area contributed by atoms with Crippen molar-refractivity contribution in [2.45, 2.75) is 6.92 Å². The highest BCUT2D eigenvalue weighted by Crippen LogP contribution is 2.32. The van der Waals surface area contributed by atoms with Crippen LogP contribution >= 0.6 is 0 Å². The summed E-state index contributed by atoms with van der Waals surface area (Å²) in [6.45, 7) is 1.87. The number of carbonyl (C=O) groups excluding carboxylic acids is 1. The first kappa shape index (κ1) is 12.2. The van der Waals surface area contributed by atoms with E-state index in [-0.39, 0.29) is 5.69 Å². The maximum atomic E-state index is 11.4. The highest BCUT2D eigenvalue weighted by Gasteiger charge is 2.19. The van der Waals surface area contributed by atoms with E-state index in [9.17, 15) is 4.79 Å². The van der Waals surface area contributed by atoms with Crippen molar-refractivity contribution < 1.29 is 9.21 Å². The molecular weight excluding hydrogens is 256 g/mol. The smallest absolute Gasteiger partial charge is 0.271 e. The van der Waals surface area contributed by atoms with Crippen molar-refractivity contribution >= 4 is 5.91 Å². The molecule has 0 fully saturated rings. The minimum absolute atomic E-state index is 0.112. The Kier molecular flexibility index (Phi) is 2.83. The molecule has 0 saturated carbocycles. The predicted octanol–water partition coefficient (Wildman–Crippen LogP) is 2.14. The first-order valence-electron chi connectivity index (χ1n) is 6.03. The second-order valence-electron chi connectivity index (χ2n) is 4.34. The molecule has 3 aromatic rings. The van der Waals surface area contributed by atoms with Crippen molar-refractivity contribution in [3.63, 3.8) is 0 Å². The molecule has 0 atom stereocenters. The summed E-state index contributed by atoms with van der Waals surface area (Å²) >= 11 is 0. The SMILES string of the molecule is Cc1ccc(-c2ccccc2-c2n[nH]nc2C(N)=O)o1. The number of benzene rings is 1. The molecule has 20 heavy (non-hydrogen) atoms. The average molecular weight is 268 g/mol. The monoisotopic (exact) mass is 268 g/mol. The third-order valence-corrected chi connectivity index (χ3v) is 2.97. The van der Waals surface area contributed by atoms with Crippen LogP contribution in [0.3, 0.4) is 0 Å². The molecule has 0 aliphatic rings. The average Bonchev–Trinajstić information content (AvgIpc) is 3.07. The van der Waals surface area contributed by atoms with E-state index >= 15 is 0 Å². The molecule has 0 saturated heterocycles. The third-order valence-electron chi connectivity index (χ3n) is 2.97. The fourth-order valence-electron chi connectivity index (χ4n) is 2.07. The normalized spacial score (nSPS) is 10.7. The molecule has 3 N–H and O–H groups in total. The third kappa shape index (κ3) is 1.97. The Morgan fingerprint density at radius 1 is 1.15 bits per heavy atom. The van der Waals surface area contributed by atoms with Crippen LogP contribution in [-0.4, -0.2) is 21.3 Å². The number of aryl methyl sites for hydroxylation is 1. The largest absolute Gasteiger partial charge is 0.461 e. The molecule has 100 valence electrons. The van der Waals surface area contributed by atoms with E-state index in [0.717, 1.165) is 16.9 Å². The van der Waals surface area contributed by atoms with Crippen molar-refractivity contribution in [2.75, 3.05) is 0 Å². The highest BCUT2D eigenvalue weighted by molar-refractivity contribution is 5.98. The Hall–Kier alpha value is -2.89. The lowest BCUT2D eigenvalue weighted by Crippen LogP contribution is -2.12. The van der Waals surface area contributed by atoms with Gasteiger partial charge in [0, 0.05) is 11.1 Å². The molecule has 1 amide bonds. The standard InChI is InChI=1S/C14H12N4O2/c1-8-6-7-11(20-8)9-4-2-3-5-10(9)12-13(14(15)19)17-18-16-12/h2-7H,1H3,(H2,15,19)(H,16,17,18). The van der Waals surface area contributed by atoms with Gasteiger partial charge in [0.15, 0.2) is 5.69 Å². The fraction of sp³-hybridized carbons (Fsp3) is 0.0714. The summed E-state index contributed by atoms with van der Waals surface area (Å²) in [5.74, 6) is 0.890. The van der Waals surface area contributed by atoms with Crippen LogP contribution in [0.1, 0.15) is 16.2 Å². The van der Waals surface area contributed by atoms with E-state index in [2.05, 4.69) is 15.4 Å². The predicted molar refractivity (Wildman–Crippen MR) is 72.8 cm³/mol. The quantitative estimate of drug-likeness (QED) is 0.760. The zero-order chi connectivity index (χ0) is 14.1. The molecule has 0 aliphatic heterocycles. The molecule has 3 rings (SSSR count). The van der Waals surface area contributed by atoms with Crippen LogP contribution in [0.4, 0.5) is 0 Å². The maximum Gasteiger partial charge on any atom is 0.271 e. The van der Waals surface area contributed by atoms with Crippen molar-refractivity contribution in [1.29, 1.82) is 0 Å². The highest BCUT2D eigenvalue weighted by atomic mass is 16.3. The van der Waals surface area contributed by atoms with Gasteiger partial charge >= 0.3 is 0 Å². The number of nitrogens with zero attached hydrogens (tertiary/aromatic N) is 2. The van der Waals surface area contributed by atoms with E-state index in [1.807, 2.05) is 43.3 Å². The van der Waals surface area contributed by atoms with Crippen LogP contribution in [0.25, 0.3) is 22.6 Å². The molecule has 2 aromatic heterocycles. The lowest BCUT2D eigenvalue weighted by Gasteiger charge is -2.05. The summed E-state index contributed by atoms with van der Waals surface area (Å²) in [6.07, 6.45) is 0. The number of aromatic nitrogens is 3. The van der Waals surface area contributed by atoms with Crippen LogP contribution < -0.4 is 5.73 Å². The summed E-state index contributed by atoms with van der Waals surface area (Å²) in [4.78, 5) is 11.4. The van der Waals surface area contributed by atoms with Crippen LogP contribution in [0.5, 0.6) is 0 Å². The molecule has 0 spiro atoms. The summed E-state index contributed by atoms with van der Waals surface area (Å²) in [5.41, 5.74) is 7.41. The van der Waals surface area contributed by atoms with Crippen LogP contribution in [0.2, 0.25) is 0 Å². The number of furan rings is 1. The maximum absolute atomic E-state index is 11.4. The van der Waals surface area contributed by atoms with E-state index in [1.54, 1.807) is 0 Å². The van der Waals surface area contributed by atoms with Gasteiger partial charge in [-0.3, -0.25) is 4.79 Å². The van der Waals surface area contributed by atoms with E-state index in [4.69, 9.17) is 10.2 Å². The second-order valence-corrected chi connectivity index (χ2v) is 4.34. The van der Waals surface area contributed by atoms with E-state index in [0.29, 0.717) is 11.5 Å². The Labute approximate surface area is 114 Å². The minimum atomic E-state index is -0.626. The van der Waals surface area contributed by atoms with Crippen LogP contribution in [-0.2, 0) is 0 Å². The molecular formula is C14H12N4O2. The Morgan fingerprint density at radius 2 is 1.90 bits per heavy atom. The van der Waals surface area contributed by atoms with Gasteiger partial charge in [-0.05, 0) is 19.1 Å². The molecule has 2 heterocycles. The zero-order valence-corrected chi connectivity index (χ0v) is 10.8. The van der Waals surface area contributed by atoms with Gasteiger partial charge in [-0.2, -0.15) is 15.4 Å². The molecule has 1 aromatic carbocycles. The number of aromatic amines is 1. The number of rotatable bonds is 3. The van der Waals surface area contributed by atoms with E-state index in [1.165, 1.54) is 0 Å². The molecule has 0 bridgehead atoms. The first-order chi connectivity index (χ1) is 9.66. The van der Waals surface area contributed by atoms with Crippen molar-refractivity contribution in [2.24, 2.45) is 5.73 Å². The van der Waals surface area contributed by atoms with Gasteiger partial charge in [-0.15, -0.1) is 0 Å². The number of hydrogen-bond donors (Lipinski definition) is 2. The van der Waals surface area contributed by atoms with Gasteiger partial charge < -0.3 is 10.2 Å². The zero-order valence-electron chi connectivity index (χ0n) is 10.8. The minimum Gasteiger partial charge on any atom is -0.461 e. The lowest BCUT2D eigenvalue weighted by molar-refractivity contribution is 0.0996. The van der Waals surface area contributed by atoms with Crippen LogP contribution in [0, 0.1) is 6.92 Å². The van der Waals surface area contributed by atoms with Crippen molar-refractivity contribution in [3.05, 3.63) is 47.9 Å². The van der Waals surface area contributed by atoms with E-state index < -0.39 is 5.91 Å². The molecule has 6 heteroatoms. The fourth-order valence-corrected chi connectivity index (χ4v) is 2.07. The number of carbonyl (C=O) groups is 1. The molecule has 0 unspecified atom stereocenters. The topological polar surface area (TPSA) is 97.8 Å². The number of primary amides is 1. The number of H-pyrrole nitrogens is 1. The number of nitrogens with two attached hydrogens (primary N) is 1. The summed E-state index contributed by atoms with van der Waals surface area (Å²) in [5, 5.41) is 10.2. The Bertz CT molecular complexity index is 773. The van der Waals surface area contributed by atoms with Gasteiger partial charge in [0.05, 0.1) is 0 Å². The number of hydrogen-bond acceptors (Lipinski definition) is 4. The van der Waals surface area contributed by atoms with Gasteiger partial charge in [-0.1, -0.05) is 24.3 Å². The Morgan fingerprint density at radius 3 is 2.55 bits per heavy atom. The molecule has 0 aliphatic carbocycles. The van der Waals surface area contributed by atoms with Crippen molar-refractivity contribution in [3.8, 4) is 22.6 Å². The van der Waals surface area contributed by atoms with Crippen molar-refractivity contribution in [1.82, 2.24) is 15.4 Å². The van der Waals surface area contributed by atoms with Gasteiger partial charge in [0.2, 0.25) is 0 Å². The number of amides is 1. The first-order valence-corrected chi connectivity index (χ1v) is 6.03. The second kappa shape index (κ2) is 4.65. The summed E-state index contributed by atoms with van der Waals surface area (Å²) < 4.78 is 5.63. The number of nitrogens with one attached hydrogen (secondary N) is 1. The summed E-state index contributed by atoms with van der Waals surface area (Å²) in [7, 11) is 0. The van der Waals surface area contributed by atoms with Gasteiger partial charge in [-0.25, -0.2) is 0 Å².